The molecule has 0 aromatic rings. The van der Waals surface area contributed by atoms with E-state index in [0.29, 0.717) is 21.6 Å². The number of aliphatic hydroxyl groups excluding tert-OH is 1. The van der Waals surface area contributed by atoms with Gasteiger partial charge in [0, 0.05) is 46.8 Å². The fourth-order valence-electron chi connectivity index (χ4n) is 7.55. The molecule has 7 unspecified atom stereocenters. The Hall–Kier alpha value is -7.84. The Morgan fingerprint density at radius 3 is 1.53 bits per heavy atom. The molecule has 468 valence electrons. The van der Waals surface area contributed by atoms with E-state index in [-0.39, 0.29) is 64.6 Å². The van der Waals surface area contributed by atoms with Gasteiger partial charge in [0.1, 0.15) is 55.4 Å². The van der Waals surface area contributed by atoms with Gasteiger partial charge in [-0.3, -0.25) is 82.7 Å². The third-order valence-corrected chi connectivity index (χ3v) is 12.4. The van der Waals surface area contributed by atoms with Crippen LogP contribution in [0.1, 0.15) is 126 Å². The van der Waals surface area contributed by atoms with Gasteiger partial charge in [0.05, 0.1) is 19.7 Å². The van der Waals surface area contributed by atoms with Crippen molar-refractivity contribution in [2.45, 2.75) is 168 Å². The molecule has 0 aromatic carbocycles. The number of ether oxygens (including phenoxy) is 1. The number of nitrogens with zero attached hydrogens (tertiary/aromatic N) is 3. The van der Waals surface area contributed by atoms with E-state index in [2.05, 4.69) is 60.1 Å². The third-order valence-electron chi connectivity index (χ3n) is 12.4. The van der Waals surface area contributed by atoms with E-state index in [1.54, 1.807) is 12.2 Å². The van der Waals surface area contributed by atoms with Crippen molar-refractivity contribution in [2.24, 2.45) is 5.92 Å². The largest absolute Gasteiger partial charge is 0.462 e. The molecule has 0 spiro atoms. The predicted molar refractivity (Wildman–Crippen MR) is 289 cm³/mol. The highest BCUT2D eigenvalue weighted by Crippen LogP contribution is 2.08. The third kappa shape index (κ3) is 30.2. The molecule has 1 heterocycles. The lowest BCUT2D eigenvalue weighted by molar-refractivity contribution is -0.163. The van der Waals surface area contributed by atoms with Gasteiger partial charge >= 0.3 is 5.97 Å². The minimum Gasteiger partial charge on any atom is -0.462 e. The van der Waals surface area contributed by atoms with Gasteiger partial charge in [0.25, 0.3) is 0 Å². The molecule has 0 saturated carbocycles. The maximum Gasteiger partial charge on any atom is 0.325 e. The topological polar surface area (TPSA) is 459 Å². The summed E-state index contributed by atoms with van der Waals surface area (Å²) in [4.78, 5) is 183. The summed E-state index contributed by atoms with van der Waals surface area (Å²) in [6.45, 7) is 3.95. The molecule has 0 bridgehead atoms. The maximum atomic E-state index is 14.0. The molecule has 1 aliphatic heterocycles. The van der Waals surface area contributed by atoms with E-state index in [1.165, 1.54) is 20.8 Å². The van der Waals surface area contributed by atoms with Crippen LogP contribution >= 0.6 is 0 Å². The Kier molecular flexibility index (Phi) is 34.9. The van der Waals surface area contributed by atoms with Crippen LogP contribution in [0.25, 0.3) is 0 Å². The Morgan fingerprint density at radius 1 is 0.566 bits per heavy atom. The Balaban J connectivity index is 3.79. The van der Waals surface area contributed by atoms with Crippen LogP contribution in [-0.2, 0) is 71.9 Å². The van der Waals surface area contributed by atoms with Crippen LogP contribution in [-0.4, -0.2) is 213 Å². The Morgan fingerprint density at radius 2 is 1.02 bits per heavy atom. The number of carbonyl (C=O) groups is 14. The molecule has 32 nitrogen and oxygen atoms in total. The van der Waals surface area contributed by atoms with E-state index in [4.69, 9.17) is 4.74 Å². The van der Waals surface area contributed by atoms with Gasteiger partial charge in [-0.05, 0) is 64.2 Å². The summed E-state index contributed by atoms with van der Waals surface area (Å²) in [5, 5.41) is 64.6. The van der Waals surface area contributed by atoms with Crippen molar-refractivity contribution in [3.63, 3.8) is 0 Å². The number of hydrogen-bond acceptors (Lipinski definition) is 19. The summed E-state index contributed by atoms with van der Waals surface area (Å²) in [5.41, 5.74) is 0. The van der Waals surface area contributed by atoms with Gasteiger partial charge in [0.15, 0.2) is 0 Å². The highest BCUT2D eigenvalue weighted by atomic mass is 16.5. The summed E-state index contributed by atoms with van der Waals surface area (Å²) in [5.74, 6) is -14.1. The number of rotatable bonds is 22. The maximum absolute atomic E-state index is 14.0. The molecule has 1 fully saturated rings. The van der Waals surface area contributed by atoms with Crippen molar-refractivity contribution in [2.75, 3.05) is 52.5 Å². The second kappa shape index (κ2) is 39.6. The zero-order valence-electron chi connectivity index (χ0n) is 48.2. The summed E-state index contributed by atoms with van der Waals surface area (Å²) >= 11 is 0. The first-order valence-corrected chi connectivity index (χ1v) is 27.4. The first-order chi connectivity index (χ1) is 39.1. The second-order valence-corrected chi connectivity index (χ2v) is 19.8. The highest BCUT2D eigenvalue weighted by Gasteiger charge is 2.34. The second-order valence-electron chi connectivity index (χ2n) is 19.8. The molecule has 0 aliphatic carbocycles. The Bertz CT molecular complexity index is 2270. The van der Waals surface area contributed by atoms with E-state index < -0.39 is 164 Å². The molecule has 0 radical (unpaired) electrons. The lowest BCUT2D eigenvalue weighted by Crippen LogP contribution is -2.60. The number of unbranched alkanes of at least 4 members (excludes halogenated alkanes) is 4. The fraction of sp³-hybridized carbons (Fsp3) is 0.686. The molecule has 83 heavy (non-hydrogen) atoms. The van der Waals surface area contributed by atoms with Crippen LogP contribution in [0.5, 0.6) is 0 Å². The van der Waals surface area contributed by atoms with E-state index in [1.807, 2.05) is 0 Å². The predicted octanol–water partition coefficient (Wildman–Crippen LogP) is -4.08. The highest BCUT2D eigenvalue weighted by molar-refractivity contribution is 5.98. The Labute approximate surface area is 480 Å². The average Bonchev–Trinajstić information content (AvgIpc) is 3.46. The molecule has 1 saturated heterocycles. The first-order valence-electron chi connectivity index (χ1n) is 27.4. The number of carbonyl (C=O) groups excluding carboxylic acids is 14. The van der Waals surface area contributed by atoms with Crippen molar-refractivity contribution < 1.29 is 92.6 Å². The molecule has 0 aromatic heterocycles. The average molecular weight is 1180 g/mol. The molecule has 7 atom stereocenters. The number of cyclic esters (lactones) is 1. The van der Waals surface area contributed by atoms with Gasteiger partial charge in [-0.2, -0.15) is 0 Å². The summed E-state index contributed by atoms with van der Waals surface area (Å²) in [7, 11) is 0. The van der Waals surface area contributed by atoms with Gasteiger partial charge in [-0.25, -0.2) is 15.2 Å². The lowest BCUT2D eigenvalue weighted by atomic mass is 10.0. The number of hydroxylamine groups is 6. The van der Waals surface area contributed by atoms with Crippen LogP contribution in [0.2, 0.25) is 0 Å². The van der Waals surface area contributed by atoms with Crippen molar-refractivity contribution in [3.05, 3.63) is 12.2 Å². The van der Waals surface area contributed by atoms with Crippen LogP contribution in [0, 0.1) is 5.92 Å². The molecule has 14 N–H and O–H groups in total. The monoisotopic (exact) mass is 1180 g/mol. The SMILES string of the molecule is CCCCCCC=CCC(=O)NC1COC(=O)CNC(=O)C(CCCN(O)C(C)=O)NC(=O)CNC(=O)C(C)NC(=O)C(CCCN(O)C(C)=O)NC(=O)C(CO)NC(=O)C(C(C)C)NC(=O)CNC(=O)C(CCCN(O)C(C)=O)NC1=O. The van der Waals surface area contributed by atoms with E-state index in [9.17, 15) is 87.9 Å². The smallest absolute Gasteiger partial charge is 0.325 e. The van der Waals surface area contributed by atoms with Crippen LogP contribution in [0.3, 0.4) is 0 Å². The zero-order chi connectivity index (χ0) is 62.8. The molecular weight excluding hydrogens is 1100 g/mol. The lowest BCUT2D eigenvalue weighted by Gasteiger charge is -2.27. The summed E-state index contributed by atoms with van der Waals surface area (Å²) in [6, 6.07) is -11.0. The van der Waals surface area contributed by atoms with Crippen molar-refractivity contribution in [1.29, 1.82) is 0 Å². The standard InChI is InChI=1S/C51H85N13O19/c1-8-9-10-11-12-13-14-21-40(69)57-39-29-83-43(72)27-54-46(74)35(18-15-22-62(80)32(5)66)56-41(70)25-52-45(73)31(4)55-48(76)37(20-17-24-64(82)34(7)68)59-49(77)38(28-65)60-51(79)44(30(2)3)61-42(71)26-53-47(75)36(58-50(39)78)19-16-23-63(81)33(6)67/h13-14,30-31,35-39,44,65,80-82H,8-12,15-29H2,1-7H3,(H,52,73)(H,53,75)(H,54,74)(H,55,76)(H,56,70)(H,57,69)(H,58,78)(H,59,77)(H,60,79)(H,61,71). The van der Waals surface area contributed by atoms with Crippen molar-refractivity contribution in [1.82, 2.24) is 68.4 Å². The number of hydrogen-bond donors (Lipinski definition) is 14. The molecule has 1 aliphatic rings. The summed E-state index contributed by atoms with van der Waals surface area (Å²) in [6.07, 6.45) is 6.38. The van der Waals surface area contributed by atoms with Gasteiger partial charge < -0.3 is 63.0 Å². The normalized spacial score (nSPS) is 21.9. The first kappa shape index (κ1) is 73.2. The summed E-state index contributed by atoms with van der Waals surface area (Å²) < 4.78 is 5.29. The molecular formula is C51H85N13O19. The quantitative estimate of drug-likeness (QED) is 0.0161. The fourth-order valence-corrected chi connectivity index (χ4v) is 7.55. The number of allylic oxidation sites excluding steroid dienone is 1. The number of nitrogens with one attached hydrogen (secondary N) is 10. The molecule has 1 rings (SSSR count). The van der Waals surface area contributed by atoms with Crippen LogP contribution in [0.15, 0.2) is 12.2 Å². The number of esters is 1. The number of amides is 13. The zero-order valence-corrected chi connectivity index (χ0v) is 48.2. The molecule has 13 amide bonds. The van der Waals surface area contributed by atoms with Gasteiger partial charge in [0.2, 0.25) is 76.8 Å². The van der Waals surface area contributed by atoms with Gasteiger partial charge in [-0.1, -0.05) is 52.2 Å². The van der Waals surface area contributed by atoms with Crippen molar-refractivity contribution >= 4 is 82.8 Å². The van der Waals surface area contributed by atoms with E-state index in [0.717, 1.165) is 46.5 Å². The van der Waals surface area contributed by atoms with E-state index >= 15 is 0 Å². The van der Waals surface area contributed by atoms with Crippen LogP contribution in [0.4, 0.5) is 0 Å². The minimum atomic E-state index is -1.79. The number of aliphatic hydroxyl groups is 1. The van der Waals surface area contributed by atoms with Crippen LogP contribution < -0.4 is 53.2 Å². The van der Waals surface area contributed by atoms with Crippen molar-refractivity contribution in [3.8, 4) is 0 Å². The minimum absolute atomic E-state index is 0.104. The van der Waals surface area contributed by atoms with Gasteiger partial charge in [-0.15, -0.1) is 0 Å². The molecule has 32 heteroatoms.